The fraction of sp³-hybridized carbons (Fsp3) is 0.233. The van der Waals surface area contributed by atoms with Gasteiger partial charge in [0, 0.05) is 43.4 Å². The van der Waals surface area contributed by atoms with E-state index in [0.717, 1.165) is 55.7 Å². The first-order valence-electron chi connectivity index (χ1n) is 16.7. The van der Waals surface area contributed by atoms with Crippen LogP contribution in [0.2, 0.25) is 19.6 Å². The summed E-state index contributed by atoms with van der Waals surface area (Å²) in [7, 11) is -1.25. The van der Waals surface area contributed by atoms with Gasteiger partial charge in [0.1, 0.15) is 0 Å². The Labute approximate surface area is 305 Å². The summed E-state index contributed by atoms with van der Waals surface area (Å²) in [6, 6.07) is 37.5. The molecule has 0 saturated carbocycles. The monoisotopic (exact) mass is 838 g/mol. The largest absolute Gasteiger partial charge is 0.486 e. The Balaban J connectivity index is 0.000000199. The van der Waals surface area contributed by atoms with Gasteiger partial charge in [0.2, 0.25) is 5.71 Å². The van der Waals surface area contributed by atoms with Gasteiger partial charge in [-0.3, -0.25) is 0 Å². The van der Waals surface area contributed by atoms with Gasteiger partial charge in [-0.25, -0.2) is 4.98 Å². The minimum atomic E-state index is -1.25. The van der Waals surface area contributed by atoms with Crippen molar-refractivity contribution in [2.45, 2.75) is 59.8 Å². The molecule has 0 spiro atoms. The molecule has 7 aromatic rings. The Morgan fingerprint density at radius 1 is 0.714 bits per heavy atom. The van der Waals surface area contributed by atoms with E-state index in [1.807, 2.05) is 55.7 Å². The Morgan fingerprint density at radius 2 is 1.47 bits per heavy atom. The van der Waals surface area contributed by atoms with E-state index < -0.39 is 8.07 Å². The standard InChI is InChI=1S/C25H19N2O.C18H24NSi.Ir/c1-15-10-12-21(26-14-15)20-9-5-8-18-19-11-13-22(27-25(19)28-24(18)20)23-16(2)6-4-7-17(23)3;1-14(2)18(20(3,4)5)16-11-12-19-17(13-16)15-9-7-6-8-10-15;/h4-8,10-14H,1-3H3;6-9,11-14,18H,1-5H3;/q2*-1;. The number of benzene rings is 3. The maximum absolute atomic E-state index is 6.23. The van der Waals surface area contributed by atoms with E-state index in [2.05, 4.69) is 124 Å². The van der Waals surface area contributed by atoms with Gasteiger partial charge in [0.15, 0.2) is 0 Å². The molecule has 0 aliphatic rings. The van der Waals surface area contributed by atoms with Gasteiger partial charge in [-0.15, -0.1) is 54.1 Å². The number of aryl methyl sites for hydroxylation is 3. The smallest absolute Gasteiger partial charge is 0.216 e. The molecule has 3 aromatic carbocycles. The number of fused-ring (bicyclic) bond motifs is 3. The van der Waals surface area contributed by atoms with Crippen molar-refractivity contribution in [2.75, 3.05) is 0 Å². The van der Waals surface area contributed by atoms with E-state index >= 15 is 0 Å². The molecule has 4 nitrogen and oxygen atoms in total. The fourth-order valence-electron chi connectivity index (χ4n) is 7.01. The molecule has 0 amide bonds. The number of hydrogen-bond acceptors (Lipinski definition) is 4. The van der Waals surface area contributed by atoms with Crippen LogP contribution in [0.1, 0.15) is 41.6 Å². The van der Waals surface area contributed by atoms with E-state index in [1.54, 1.807) is 0 Å². The second-order valence-electron chi connectivity index (χ2n) is 14.1. The van der Waals surface area contributed by atoms with Crippen molar-refractivity contribution in [1.82, 2.24) is 15.0 Å². The number of pyridine rings is 3. The molecule has 4 heterocycles. The summed E-state index contributed by atoms with van der Waals surface area (Å²) in [4.78, 5) is 13.9. The van der Waals surface area contributed by atoms with E-state index in [0.29, 0.717) is 17.2 Å². The topological polar surface area (TPSA) is 51.8 Å². The maximum Gasteiger partial charge on any atom is 0.216 e. The van der Waals surface area contributed by atoms with E-state index in [4.69, 9.17) is 9.40 Å². The zero-order valence-corrected chi connectivity index (χ0v) is 32.9. The van der Waals surface area contributed by atoms with Gasteiger partial charge >= 0.3 is 0 Å². The second kappa shape index (κ2) is 15.1. The summed E-state index contributed by atoms with van der Waals surface area (Å²) >= 11 is 0. The van der Waals surface area contributed by atoms with Crippen LogP contribution in [0.5, 0.6) is 0 Å². The summed E-state index contributed by atoms with van der Waals surface area (Å²) in [5.41, 5.74) is 13.0. The third kappa shape index (κ3) is 7.83. The minimum Gasteiger partial charge on any atom is -0.486 e. The van der Waals surface area contributed by atoms with Crippen LogP contribution in [0.15, 0.2) is 108 Å². The van der Waals surface area contributed by atoms with Crippen molar-refractivity contribution >= 4 is 30.1 Å². The van der Waals surface area contributed by atoms with Crippen LogP contribution in [0.25, 0.3) is 55.8 Å². The van der Waals surface area contributed by atoms with Gasteiger partial charge in [-0.05, 0) is 78.5 Å². The molecule has 0 bridgehead atoms. The van der Waals surface area contributed by atoms with Crippen LogP contribution in [-0.2, 0) is 20.1 Å². The van der Waals surface area contributed by atoms with Gasteiger partial charge < -0.3 is 14.4 Å². The number of rotatable bonds is 6. The molecule has 0 saturated heterocycles. The Bertz CT molecular complexity index is 2160. The average Bonchev–Trinajstić information content (AvgIpc) is 3.43. The number of nitrogens with zero attached hydrogens (tertiary/aromatic N) is 3. The van der Waals surface area contributed by atoms with Gasteiger partial charge in [-0.2, -0.15) is 0 Å². The first-order chi connectivity index (χ1) is 23.0. The molecule has 0 aliphatic heterocycles. The van der Waals surface area contributed by atoms with Crippen LogP contribution in [0, 0.1) is 38.8 Å². The molecule has 49 heavy (non-hydrogen) atoms. The third-order valence-corrected chi connectivity index (χ3v) is 11.8. The van der Waals surface area contributed by atoms with Crippen molar-refractivity contribution in [3.63, 3.8) is 0 Å². The summed E-state index contributed by atoms with van der Waals surface area (Å²) in [5.74, 6) is 0.664. The molecule has 0 aliphatic carbocycles. The molecule has 251 valence electrons. The third-order valence-electron chi connectivity index (χ3n) is 8.93. The molecular formula is C43H43IrN3OSi-2. The Kier molecular flexibility index (Phi) is 11.1. The molecule has 1 radical (unpaired) electrons. The number of furan rings is 1. The van der Waals surface area contributed by atoms with Crippen LogP contribution < -0.4 is 0 Å². The molecule has 1 atom stereocenters. The van der Waals surface area contributed by atoms with Gasteiger partial charge in [-0.1, -0.05) is 86.4 Å². The molecule has 1 unspecified atom stereocenters. The van der Waals surface area contributed by atoms with Crippen molar-refractivity contribution in [2.24, 2.45) is 5.92 Å². The SMILES string of the molecule is CC(C)C(c1ccnc(-c2[c-]cccc2)c1)[Si](C)(C)C.Cc1ccc(-c2[c-]ccc3c2oc2nc(-c4c(C)cccc4C)ccc23)nc1.[Ir]. The predicted octanol–water partition coefficient (Wildman–Crippen LogP) is 11.6. The van der Waals surface area contributed by atoms with Crippen LogP contribution in [-0.4, -0.2) is 23.0 Å². The number of aromatic nitrogens is 3. The van der Waals surface area contributed by atoms with Crippen molar-refractivity contribution < 1.29 is 24.5 Å². The van der Waals surface area contributed by atoms with E-state index in [-0.39, 0.29) is 20.1 Å². The average molecular weight is 838 g/mol. The Hall–Kier alpha value is -4.22. The summed E-state index contributed by atoms with van der Waals surface area (Å²) in [6.45, 7) is 18.3. The molecule has 0 N–H and O–H groups in total. The summed E-state index contributed by atoms with van der Waals surface area (Å²) < 4.78 is 6.23. The first kappa shape index (κ1) is 36.1. The minimum absolute atomic E-state index is 0. The first-order valence-corrected chi connectivity index (χ1v) is 20.3. The van der Waals surface area contributed by atoms with Crippen LogP contribution >= 0.6 is 0 Å². The van der Waals surface area contributed by atoms with Crippen LogP contribution in [0.4, 0.5) is 0 Å². The molecule has 6 heteroatoms. The van der Waals surface area contributed by atoms with Crippen molar-refractivity contribution in [1.29, 1.82) is 0 Å². The predicted molar refractivity (Wildman–Crippen MR) is 203 cm³/mol. The van der Waals surface area contributed by atoms with Crippen LogP contribution in [0.3, 0.4) is 0 Å². The van der Waals surface area contributed by atoms with E-state index in [9.17, 15) is 0 Å². The van der Waals surface area contributed by atoms with Gasteiger partial charge in [0.25, 0.3) is 0 Å². The molecule has 4 aromatic heterocycles. The maximum atomic E-state index is 6.23. The van der Waals surface area contributed by atoms with Gasteiger partial charge in [0.05, 0.1) is 19.4 Å². The van der Waals surface area contributed by atoms with Crippen molar-refractivity contribution in [3.05, 3.63) is 138 Å². The number of hydrogen-bond donors (Lipinski definition) is 0. The summed E-state index contributed by atoms with van der Waals surface area (Å²) in [6.07, 6.45) is 3.81. The van der Waals surface area contributed by atoms with E-state index in [1.165, 1.54) is 16.7 Å². The molecular weight excluding hydrogens is 795 g/mol. The Morgan fingerprint density at radius 3 is 2.12 bits per heavy atom. The molecule has 7 rings (SSSR count). The fourth-order valence-corrected chi connectivity index (χ4v) is 10.2. The molecule has 0 fully saturated rings. The zero-order chi connectivity index (χ0) is 34.0. The second-order valence-corrected chi connectivity index (χ2v) is 19.4. The van der Waals surface area contributed by atoms with Crippen molar-refractivity contribution in [3.8, 4) is 33.8 Å². The quantitative estimate of drug-likeness (QED) is 0.124. The normalized spacial score (nSPS) is 12.0. The zero-order valence-electron chi connectivity index (χ0n) is 29.6. The summed E-state index contributed by atoms with van der Waals surface area (Å²) in [5, 5.41) is 2.04.